The number of primary amides is 1. The number of para-hydroxylation sites is 1. The molecule has 2 amide bonds. The molecule has 0 bridgehead atoms. The van der Waals surface area contributed by atoms with E-state index in [0.717, 1.165) is 16.8 Å². The maximum atomic E-state index is 13.1. The lowest BCUT2D eigenvalue weighted by atomic mass is 9.75. The molecule has 0 saturated carbocycles. The number of rotatable bonds is 4. The Morgan fingerprint density at radius 2 is 1.85 bits per heavy atom. The van der Waals surface area contributed by atoms with Crippen molar-refractivity contribution >= 4 is 17.7 Å². The third-order valence-electron chi connectivity index (χ3n) is 4.80. The Morgan fingerprint density at radius 1 is 1.19 bits per heavy atom. The molecule has 0 unspecified atom stereocenters. The molecular formula is C20H23N3O3. The van der Waals surface area contributed by atoms with Gasteiger partial charge in [-0.1, -0.05) is 48.5 Å². The Labute approximate surface area is 152 Å². The second-order valence-corrected chi connectivity index (χ2v) is 6.41. The summed E-state index contributed by atoms with van der Waals surface area (Å²) >= 11 is 0. The number of urea groups is 1. The number of nitrogens with one attached hydrogen (secondary N) is 1. The van der Waals surface area contributed by atoms with Gasteiger partial charge in [0.2, 0.25) is 0 Å². The van der Waals surface area contributed by atoms with Crippen LogP contribution in [0.25, 0.3) is 0 Å². The fourth-order valence-electron chi connectivity index (χ4n) is 3.84. The number of carbonyl (C=O) groups is 2. The van der Waals surface area contributed by atoms with Crippen LogP contribution in [0.3, 0.4) is 0 Å². The maximum absolute atomic E-state index is 13.1. The van der Waals surface area contributed by atoms with Crippen molar-refractivity contribution < 1.29 is 14.3 Å². The predicted molar refractivity (Wildman–Crippen MR) is 99.8 cm³/mol. The molecular weight excluding hydrogens is 330 g/mol. The molecule has 136 valence electrons. The molecule has 0 aliphatic carbocycles. The van der Waals surface area contributed by atoms with Crippen molar-refractivity contribution in [3.63, 3.8) is 0 Å². The van der Waals surface area contributed by atoms with Gasteiger partial charge in [0.15, 0.2) is 5.54 Å². The molecule has 3 N–H and O–H groups in total. The largest absolute Gasteiger partial charge is 0.464 e. The number of benzene rings is 2. The molecule has 0 spiro atoms. The van der Waals surface area contributed by atoms with E-state index >= 15 is 0 Å². The van der Waals surface area contributed by atoms with Gasteiger partial charge in [-0.05, 0) is 24.1 Å². The van der Waals surface area contributed by atoms with Crippen molar-refractivity contribution in [3.8, 4) is 0 Å². The molecule has 1 aliphatic heterocycles. The van der Waals surface area contributed by atoms with Crippen molar-refractivity contribution in [2.75, 3.05) is 18.6 Å². The monoisotopic (exact) mass is 353 g/mol. The normalized spacial score (nSPS) is 21.6. The Morgan fingerprint density at radius 3 is 2.50 bits per heavy atom. The third kappa shape index (κ3) is 2.98. The highest BCUT2D eigenvalue weighted by atomic mass is 16.5. The molecule has 0 aromatic heterocycles. The number of nitrogens with two attached hydrogens (primary N) is 1. The molecule has 2 aromatic rings. The Hall–Kier alpha value is -3.02. The zero-order valence-electron chi connectivity index (χ0n) is 14.9. The highest BCUT2D eigenvalue weighted by Gasteiger charge is 2.53. The number of esters is 1. The number of likely N-dealkylation sites (N-methyl/N-ethyl adjacent to an activating group) is 1. The summed E-state index contributed by atoms with van der Waals surface area (Å²) in [6.07, 6.45) is 0.300. The van der Waals surface area contributed by atoms with E-state index in [1.165, 1.54) is 0 Å². The maximum Gasteiger partial charge on any atom is 0.334 e. The van der Waals surface area contributed by atoms with E-state index in [0.29, 0.717) is 6.42 Å². The average molecular weight is 353 g/mol. The Bertz CT molecular complexity index is 809. The van der Waals surface area contributed by atoms with E-state index < -0.39 is 23.6 Å². The lowest BCUT2D eigenvalue weighted by Crippen LogP contribution is -2.66. The van der Waals surface area contributed by atoms with Gasteiger partial charge in [-0.2, -0.15) is 0 Å². The third-order valence-corrected chi connectivity index (χ3v) is 4.80. The van der Waals surface area contributed by atoms with Crippen molar-refractivity contribution in [1.82, 2.24) is 5.32 Å². The first kappa shape index (κ1) is 17.8. The first-order chi connectivity index (χ1) is 12.5. The van der Waals surface area contributed by atoms with Crippen LogP contribution in [0, 0.1) is 0 Å². The fourth-order valence-corrected chi connectivity index (χ4v) is 3.84. The van der Waals surface area contributed by atoms with Gasteiger partial charge in [-0.15, -0.1) is 0 Å². The minimum Gasteiger partial charge on any atom is -0.464 e. The number of fused-ring (bicyclic) bond motifs is 1. The molecule has 6 heteroatoms. The van der Waals surface area contributed by atoms with Crippen LogP contribution in [0.4, 0.5) is 10.5 Å². The number of ether oxygens (including phenoxy) is 1. The molecule has 3 rings (SSSR count). The highest BCUT2D eigenvalue weighted by molar-refractivity contribution is 5.90. The van der Waals surface area contributed by atoms with E-state index in [1.807, 2.05) is 66.5 Å². The van der Waals surface area contributed by atoms with E-state index in [1.54, 1.807) is 6.92 Å². The first-order valence-corrected chi connectivity index (χ1v) is 8.60. The summed E-state index contributed by atoms with van der Waals surface area (Å²) in [6.45, 7) is 1.96. The van der Waals surface area contributed by atoms with Crippen molar-refractivity contribution in [1.29, 1.82) is 0 Å². The summed E-state index contributed by atoms with van der Waals surface area (Å²) in [6, 6.07) is 16.2. The van der Waals surface area contributed by atoms with Crippen molar-refractivity contribution in [2.45, 2.75) is 24.9 Å². The standard InChI is InChI=1S/C20H23N3O3/c1-3-26-18(24)20(22-19(21)25)13-15-11-7-8-12-16(15)23(2)17(20)14-9-5-4-6-10-14/h4-12,17H,3,13H2,1-2H3,(H3,21,22,25)/t17-,20+/m0/s1. The Kier molecular flexibility index (Phi) is 4.84. The van der Waals surface area contributed by atoms with Crippen LogP contribution in [-0.4, -0.2) is 31.2 Å². The second-order valence-electron chi connectivity index (χ2n) is 6.41. The number of amides is 2. The minimum absolute atomic E-state index is 0.216. The SMILES string of the molecule is CCOC(=O)[C@@]1(NC(N)=O)Cc2ccccc2N(C)[C@H]1c1ccccc1. The zero-order valence-corrected chi connectivity index (χ0v) is 14.9. The van der Waals surface area contributed by atoms with E-state index in [9.17, 15) is 9.59 Å². The smallest absolute Gasteiger partial charge is 0.334 e. The first-order valence-electron chi connectivity index (χ1n) is 8.60. The highest BCUT2D eigenvalue weighted by Crippen LogP contribution is 2.44. The van der Waals surface area contributed by atoms with Crippen LogP contribution >= 0.6 is 0 Å². The van der Waals surface area contributed by atoms with Crippen LogP contribution in [0.15, 0.2) is 54.6 Å². The van der Waals surface area contributed by atoms with Gasteiger partial charge < -0.3 is 20.7 Å². The van der Waals surface area contributed by atoms with Crippen LogP contribution < -0.4 is 16.0 Å². The van der Waals surface area contributed by atoms with Gasteiger partial charge in [0.05, 0.1) is 12.6 Å². The van der Waals surface area contributed by atoms with Crippen LogP contribution in [0.5, 0.6) is 0 Å². The summed E-state index contributed by atoms with van der Waals surface area (Å²) in [5.41, 5.74) is 7.01. The van der Waals surface area contributed by atoms with Gasteiger partial charge in [-0.25, -0.2) is 9.59 Å². The molecule has 1 aliphatic rings. The number of carbonyl (C=O) groups excluding carboxylic acids is 2. The van der Waals surface area contributed by atoms with Gasteiger partial charge in [-0.3, -0.25) is 0 Å². The molecule has 0 saturated heterocycles. The topological polar surface area (TPSA) is 84.7 Å². The number of hydrogen-bond donors (Lipinski definition) is 2. The molecule has 6 nitrogen and oxygen atoms in total. The summed E-state index contributed by atoms with van der Waals surface area (Å²) in [4.78, 5) is 26.9. The summed E-state index contributed by atoms with van der Waals surface area (Å²) in [5.74, 6) is -0.492. The van der Waals surface area contributed by atoms with Crippen LogP contribution in [0.2, 0.25) is 0 Å². The number of nitrogens with zero attached hydrogens (tertiary/aromatic N) is 1. The number of anilines is 1. The molecule has 0 fully saturated rings. The van der Waals surface area contributed by atoms with Gasteiger partial charge in [0.1, 0.15) is 0 Å². The van der Waals surface area contributed by atoms with Gasteiger partial charge >= 0.3 is 12.0 Å². The average Bonchev–Trinajstić information content (AvgIpc) is 2.62. The van der Waals surface area contributed by atoms with E-state index in [-0.39, 0.29) is 6.61 Å². The Balaban J connectivity index is 2.22. The van der Waals surface area contributed by atoms with E-state index in [2.05, 4.69) is 5.32 Å². The van der Waals surface area contributed by atoms with Crippen LogP contribution in [0.1, 0.15) is 24.1 Å². The lowest BCUT2D eigenvalue weighted by molar-refractivity contribution is -0.152. The molecule has 0 radical (unpaired) electrons. The summed E-state index contributed by atoms with van der Waals surface area (Å²) < 4.78 is 5.36. The van der Waals surface area contributed by atoms with Gasteiger partial charge in [0, 0.05) is 19.2 Å². The predicted octanol–water partition coefficient (Wildman–Crippen LogP) is 2.39. The van der Waals surface area contributed by atoms with Gasteiger partial charge in [0.25, 0.3) is 0 Å². The summed E-state index contributed by atoms with van der Waals surface area (Å²) in [7, 11) is 1.91. The molecule has 26 heavy (non-hydrogen) atoms. The number of hydrogen-bond acceptors (Lipinski definition) is 4. The second kappa shape index (κ2) is 7.07. The minimum atomic E-state index is -1.31. The lowest BCUT2D eigenvalue weighted by Gasteiger charge is -2.48. The molecule has 2 atom stereocenters. The van der Waals surface area contributed by atoms with Crippen molar-refractivity contribution in [2.24, 2.45) is 5.73 Å². The van der Waals surface area contributed by atoms with E-state index in [4.69, 9.17) is 10.5 Å². The quantitative estimate of drug-likeness (QED) is 0.827. The molecule has 2 aromatic carbocycles. The summed E-state index contributed by atoms with van der Waals surface area (Å²) in [5, 5.41) is 2.72. The fraction of sp³-hybridized carbons (Fsp3) is 0.300. The van der Waals surface area contributed by atoms with Crippen LogP contribution in [-0.2, 0) is 16.0 Å². The molecule has 1 heterocycles. The van der Waals surface area contributed by atoms with Crippen molar-refractivity contribution in [3.05, 3.63) is 65.7 Å². The zero-order chi connectivity index (χ0) is 18.7.